The Kier molecular flexibility index (Phi) is 6.68. The molecule has 3 rings (SSSR count). The van der Waals surface area contributed by atoms with Crippen LogP contribution >= 0.6 is 12.6 Å². The maximum absolute atomic E-state index is 10.6. The number of para-hydroxylation sites is 2. The molecule has 4 nitrogen and oxygen atoms in total. The standard InChI is InChI=1S/C16H16N2S.C2HF3O2/c19-11-13(10-12-6-2-1-3-7-12)16-17-14-8-4-5-9-15(14)18-16;3-2(4,5)1(6)7/h1-9,13,19H,10-11H2,(H,17,18);(H,6,7)/t13-;/m1./s1. The molecule has 0 aliphatic rings. The van der Waals surface area contributed by atoms with E-state index in [9.17, 15) is 13.2 Å². The van der Waals surface area contributed by atoms with Gasteiger partial charge in [0, 0.05) is 11.7 Å². The third kappa shape index (κ3) is 5.52. The number of rotatable bonds is 4. The first-order valence-corrected chi connectivity index (χ1v) is 8.34. The van der Waals surface area contributed by atoms with E-state index in [2.05, 4.69) is 52.9 Å². The second-order valence-electron chi connectivity index (χ2n) is 5.51. The molecule has 0 fully saturated rings. The van der Waals surface area contributed by atoms with Crippen LogP contribution in [0.2, 0.25) is 0 Å². The molecule has 1 atom stereocenters. The summed E-state index contributed by atoms with van der Waals surface area (Å²) in [5.74, 6) is -0.625. The zero-order valence-electron chi connectivity index (χ0n) is 13.6. The molecule has 0 saturated heterocycles. The number of H-pyrrole nitrogens is 1. The molecule has 26 heavy (non-hydrogen) atoms. The van der Waals surface area contributed by atoms with Gasteiger partial charge in [0.25, 0.3) is 0 Å². The number of alkyl halides is 3. The van der Waals surface area contributed by atoms with Crippen LogP contribution in [-0.4, -0.2) is 33.0 Å². The monoisotopic (exact) mass is 382 g/mol. The maximum atomic E-state index is 10.6. The molecule has 8 heteroatoms. The Bertz CT molecular complexity index is 817. The molecular weight excluding hydrogens is 365 g/mol. The first-order chi connectivity index (χ1) is 12.3. The summed E-state index contributed by atoms with van der Waals surface area (Å²) in [5.41, 5.74) is 3.44. The number of aromatic amines is 1. The highest BCUT2D eigenvalue weighted by Crippen LogP contribution is 2.22. The van der Waals surface area contributed by atoms with Crippen molar-refractivity contribution in [3.63, 3.8) is 0 Å². The number of fused-ring (bicyclic) bond motifs is 1. The van der Waals surface area contributed by atoms with Crippen LogP contribution in [0.1, 0.15) is 17.3 Å². The summed E-state index contributed by atoms with van der Waals surface area (Å²) < 4.78 is 31.7. The fraction of sp³-hybridized carbons (Fsp3) is 0.222. The summed E-state index contributed by atoms with van der Waals surface area (Å²) in [7, 11) is 0. The van der Waals surface area contributed by atoms with Gasteiger partial charge < -0.3 is 10.1 Å². The van der Waals surface area contributed by atoms with Gasteiger partial charge in [-0.1, -0.05) is 42.5 Å². The van der Waals surface area contributed by atoms with Gasteiger partial charge in [0.2, 0.25) is 0 Å². The second-order valence-corrected chi connectivity index (χ2v) is 5.88. The van der Waals surface area contributed by atoms with Crippen LogP contribution in [-0.2, 0) is 11.2 Å². The van der Waals surface area contributed by atoms with Gasteiger partial charge in [-0.2, -0.15) is 25.8 Å². The lowest BCUT2D eigenvalue weighted by Crippen LogP contribution is -2.21. The van der Waals surface area contributed by atoms with E-state index in [4.69, 9.17) is 9.90 Å². The van der Waals surface area contributed by atoms with Crippen molar-refractivity contribution in [2.45, 2.75) is 18.5 Å². The molecule has 2 aromatic carbocycles. The number of carbonyl (C=O) groups is 1. The predicted octanol–water partition coefficient (Wildman–Crippen LogP) is 4.45. The van der Waals surface area contributed by atoms with Crippen LogP contribution in [0.4, 0.5) is 13.2 Å². The summed E-state index contributed by atoms with van der Waals surface area (Å²) in [5, 5.41) is 7.12. The lowest BCUT2D eigenvalue weighted by Gasteiger charge is -2.11. The van der Waals surface area contributed by atoms with E-state index in [1.165, 1.54) is 5.56 Å². The molecule has 0 unspecified atom stereocenters. The first-order valence-electron chi connectivity index (χ1n) is 7.70. The number of hydrogen-bond donors (Lipinski definition) is 3. The van der Waals surface area contributed by atoms with Crippen molar-refractivity contribution in [2.75, 3.05) is 5.75 Å². The van der Waals surface area contributed by atoms with E-state index >= 15 is 0 Å². The Morgan fingerprint density at radius 2 is 1.69 bits per heavy atom. The lowest BCUT2D eigenvalue weighted by atomic mass is 10.0. The summed E-state index contributed by atoms with van der Waals surface area (Å²) >= 11 is 4.48. The van der Waals surface area contributed by atoms with Crippen LogP contribution in [0, 0.1) is 0 Å². The lowest BCUT2D eigenvalue weighted by molar-refractivity contribution is -0.192. The summed E-state index contributed by atoms with van der Waals surface area (Å²) in [6.45, 7) is 0. The first kappa shape index (κ1) is 19.8. The number of imidazole rings is 1. The van der Waals surface area contributed by atoms with Crippen LogP contribution in [0.3, 0.4) is 0 Å². The van der Waals surface area contributed by atoms with Gasteiger partial charge >= 0.3 is 12.1 Å². The number of thiol groups is 1. The molecule has 0 aliphatic heterocycles. The van der Waals surface area contributed by atoms with Crippen molar-refractivity contribution < 1.29 is 23.1 Å². The van der Waals surface area contributed by atoms with Crippen LogP contribution in [0.5, 0.6) is 0 Å². The molecule has 1 heterocycles. The normalized spacial score (nSPS) is 12.3. The number of aliphatic carboxylic acids is 1. The van der Waals surface area contributed by atoms with Crippen molar-refractivity contribution in [3.05, 3.63) is 66.0 Å². The van der Waals surface area contributed by atoms with E-state index in [0.717, 1.165) is 29.0 Å². The van der Waals surface area contributed by atoms with Gasteiger partial charge in [0.15, 0.2) is 0 Å². The molecule has 0 amide bonds. The highest BCUT2D eigenvalue weighted by atomic mass is 32.1. The molecule has 2 N–H and O–H groups in total. The summed E-state index contributed by atoms with van der Waals surface area (Å²) in [6, 6.07) is 18.6. The third-order valence-corrected chi connectivity index (χ3v) is 4.02. The Morgan fingerprint density at radius 3 is 2.23 bits per heavy atom. The number of aromatic nitrogens is 2. The fourth-order valence-electron chi connectivity index (χ4n) is 2.31. The molecule has 3 aromatic rings. The molecular formula is C18H17F3N2O2S. The van der Waals surface area contributed by atoms with E-state index < -0.39 is 12.1 Å². The highest BCUT2D eigenvalue weighted by molar-refractivity contribution is 7.80. The number of nitrogens with zero attached hydrogens (tertiary/aromatic N) is 1. The number of nitrogens with one attached hydrogen (secondary N) is 1. The number of carboxylic acid groups (broad SMARTS) is 1. The molecule has 0 saturated carbocycles. The van der Waals surface area contributed by atoms with Gasteiger partial charge in [-0.15, -0.1) is 0 Å². The smallest absolute Gasteiger partial charge is 0.475 e. The van der Waals surface area contributed by atoms with Crippen molar-refractivity contribution in [1.82, 2.24) is 9.97 Å². The molecule has 0 bridgehead atoms. The minimum Gasteiger partial charge on any atom is -0.475 e. The van der Waals surface area contributed by atoms with E-state index in [1.807, 2.05) is 24.3 Å². The Hall–Kier alpha value is -2.48. The van der Waals surface area contributed by atoms with Gasteiger partial charge in [0.1, 0.15) is 5.82 Å². The average molecular weight is 382 g/mol. The Labute approximate surface area is 153 Å². The molecule has 0 spiro atoms. The van der Waals surface area contributed by atoms with Gasteiger partial charge in [-0.05, 0) is 24.1 Å². The summed E-state index contributed by atoms with van der Waals surface area (Å²) in [6.07, 6.45) is -4.12. The maximum Gasteiger partial charge on any atom is 0.490 e. The van der Waals surface area contributed by atoms with Gasteiger partial charge in [-0.25, -0.2) is 9.78 Å². The molecule has 138 valence electrons. The number of halogens is 3. The van der Waals surface area contributed by atoms with E-state index in [1.54, 1.807) is 0 Å². The Morgan fingerprint density at radius 1 is 1.12 bits per heavy atom. The van der Waals surface area contributed by atoms with E-state index in [0.29, 0.717) is 5.92 Å². The molecule has 1 aromatic heterocycles. The summed E-state index contributed by atoms with van der Waals surface area (Å²) in [4.78, 5) is 17.0. The minimum atomic E-state index is -5.08. The highest BCUT2D eigenvalue weighted by Gasteiger charge is 2.38. The average Bonchev–Trinajstić information content (AvgIpc) is 3.04. The van der Waals surface area contributed by atoms with Crippen molar-refractivity contribution in [1.29, 1.82) is 0 Å². The second kappa shape index (κ2) is 8.75. The van der Waals surface area contributed by atoms with Crippen LogP contribution in [0.25, 0.3) is 11.0 Å². The molecule has 0 aliphatic carbocycles. The van der Waals surface area contributed by atoms with Crippen molar-refractivity contribution in [3.8, 4) is 0 Å². The SMILES string of the molecule is O=C(O)C(F)(F)F.SC[C@@H](Cc1ccccc1)c1nc2ccccc2[nH]1. The van der Waals surface area contributed by atoms with Crippen LogP contribution in [0.15, 0.2) is 54.6 Å². The van der Waals surface area contributed by atoms with Crippen LogP contribution < -0.4 is 0 Å². The Balaban J connectivity index is 0.000000298. The van der Waals surface area contributed by atoms with Gasteiger partial charge in [-0.3, -0.25) is 0 Å². The minimum absolute atomic E-state index is 0.318. The zero-order valence-corrected chi connectivity index (χ0v) is 14.5. The van der Waals surface area contributed by atoms with Crippen molar-refractivity contribution in [2.24, 2.45) is 0 Å². The predicted molar refractivity (Wildman–Crippen MR) is 96.5 cm³/mol. The number of benzene rings is 2. The fourth-order valence-corrected chi connectivity index (χ4v) is 2.61. The third-order valence-electron chi connectivity index (χ3n) is 3.58. The number of carboxylic acids is 1. The topological polar surface area (TPSA) is 66.0 Å². The number of hydrogen-bond acceptors (Lipinski definition) is 3. The largest absolute Gasteiger partial charge is 0.490 e. The zero-order chi connectivity index (χ0) is 19.2. The van der Waals surface area contributed by atoms with E-state index in [-0.39, 0.29) is 0 Å². The van der Waals surface area contributed by atoms with Gasteiger partial charge in [0.05, 0.1) is 11.0 Å². The quantitative estimate of drug-likeness (QED) is 0.584. The molecule has 0 radical (unpaired) electrons. The van der Waals surface area contributed by atoms with Crippen molar-refractivity contribution >= 4 is 29.6 Å².